The van der Waals surface area contributed by atoms with Crippen molar-refractivity contribution >= 4 is 0 Å². The molecule has 1 heterocycles. The summed E-state index contributed by atoms with van der Waals surface area (Å²) in [5, 5.41) is 1.46. The van der Waals surface area contributed by atoms with E-state index in [0.717, 1.165) is 32.5 Å². The third-order valence-electron chi connectivity index (χ3n) is 3.72. The second-order valence-corrected chi connectivity index (χ2v) is 5.30. The first-order chi connectivity index (χ1) is 9.03. The van der Waals surface area contributed by atoms with Crippen LogP contribution in [-0.4, -0.2) is 31.9 Å². The number of nitrogens with one attached hydrogen (secondary N) is 1. The molecule has 1 aliphatic rings. The van der Waals surface area contributed by atoms with Crippen LogP contribution < -0.4 is 10.2 Å². The third-order valence-corrected chi connectivity index (χ3v) is 3.72. The summed E-state index contributed by atoms with van der Waals surface area (Å²) in [6.45, 7) is 2.17. The highest BCUT2D eigenvalue weighted by atomic mass is 19.4. The number of likely N-dealkylation sites (tertiary alicyclic amines) is 1. The van der Waals surface area contributed by atoms with Crippen molar-refractivity contribution in [3.05, 3.63) is 35.9 Å². The standard InChI is InChI=1S/C14H19F3N2/c15-14(16,17)11-18-13-6-8-19(9-7-13)10-12-4-2-1-3-5-12/h1-5,13,18H,6-11H2/p+2. The molecule has 0 aromatic heterocycles. The van der Waals surface area contributed by atoms with Gasteiger partial charge in [0.2, 0.25) is 0 Å². The average molecular weight is 274 g/mol. The van der Waals surface area contributed by atoms with Crippen molar-refractivity contribution in [2.75, 3.05) is 19.6 Å². The van der Waals surface area contributed by atoms with Gasteiger partial charge in [0, 0.05) is 18.4 Å². The Labute approximate surface area is 111 Å². The zero-order valence-electron chi connectivity index (χ0n) is 10.9. The first-order valence-electron chi connectivity index (χ1n) is 6.80. The number of piperidine rings is 1. The second-order valence-electron chi connectivity index (χ2n) is 5.30. The number of alkyl halides is 3. The number of nitrogens with two attached hydrogens (primary N) is 1. The number of hydrogen-bond donors (Lipinski definition) is 2. The van der Waals surface area contributed by atoms with E-state index in [-0.39, 0.29) is 6.04 Å². The lowest BCUT2D eigenvalue weighted by atomic mass is 10.0. The van der Waals surface area contributed by atoms with E-state index in [2.05, 4.69) is 12.1 Å². The van der Waals surface area contributed by atoms with Gasteiger partial charge in [-0.3, -0.25) is 0 Å². The maximum Gasteiger partial charge on any atom is 0.438 e. The van der Waals surface area contributed by atoms with Crippen molar-refractivity contribution in [1.29, 1.82) is 0 Å². The molecule has 3 N–H and O–H groups in total. The second kappa shape index (κ2) is 6.39. The first-order valence-corrected chi connectivity index (χ1v) is 6.80. The molecule has 1 aliphatic heterocycles. The highest BCUT2D eigenvalue weighted by molar-refractivity contribution is 5.13. The van der Waals surface area contributed by atoms with Crippen molar-refractivity contribution < 1.29 is 23.4 Å². The molecule has 0 radical (unpaired) electrons. The number of halogens is 3. The molecule has 0 atom stereocenters. The molecule has 2 nitrogen and oxygen atoms in total. The molecule has 0 saturated carbocycles. The fourth-order valence-electron chi connectivity index (χ4n) is 2.65. The Morgan fingerprint density at radius 2 is 1.74 bits per heavy atom. The molecule has 106 valence electrons. The third kappa shape index (κ3) is 5.20. The molecule has 1 fully saturated rings. The van der Waals surface area contributed by atoms with Crippen molar-refractivity contribution in [2.24, 2.45) is 0 Å². The fraction of sp³-hybridized carbons (Fsp3) is 0.571. The van der Waals surface area contributed by atoms with Gasteiger partial charge >= 0.3 is 6.18 Å². The molecule has 19 heavy (non-hydrogen) atoms. The lowest BCUT2D eigenvalue weighted by Gasteiger charge is -2.28. The highest BCUT2D eigenvalue weighted by Crippen LogP contribution is 2.10. The van der Waals surface area contributed by atoms with Crippen molar-refractivity contribution in [3.8, 4) is 0 Å². The normalized spacial score (nSPS) is 24.4. The van der Waals surface area contributed by atoms with Crippen molar-refractivity contribution in [2.45, 2.75) is 31.6 Å². The van der Waals surface area contributed by atoms with Gasteiger partial charge in [-0.2, -0.15) is 13.2 Å². The minimum absolute atomic E-state index is 0.140. The van der Waals surface area contributed by atoms with Crippen LogP contribution in [0, 0.1) is 0 Å². The molecule has 0 aliphatic carbocycles. The Balaban J connectivity index is 1.71. The summed E-state index contributed by atoms with van der Waals surface area (Å²) in [7, 11) is 0. The first kappa shape index (κ1) is 14.3. The summed E-state index contributed by atoms with van der Waals surface area (Å²) < 4.78 is 36.4. The molecule has 0 bridgehead atoms. The minimum Gasteiger partial charge on any atom is -0.336 e. The highest BCUT2D eigenvalue weighted by Gasteiger charge is 2.33. The average Bonchev–Trinajstić information content (AvgIpc) is 2.38. The maximum atomic E-state index is 12.1. The zero-order valence-corrected chi connectivity index (χ0v) is 10.9. The summed E-state index contributed by atoms with van der Waals surface area (Å²) in [6.07, 6.45) is -2.30. The van der Waals surface area contributed by atoms with Gasteiger partial charge in [-0.1, -0.05) is 30.3 Å². The summed E-state index contributed by atoms with van der Waals surface area (Å²) in [5.74, 6) is 0. The summed E-state index contributed by atoms with van der Waals surface area (Å²) in [5.41, 5.74) is 1.30. The Bertz CT molecular complexity index is 370. The maximum absolute atomic E-state index is 12.1. The van der Waals surface area contributed by atoms with Crippen molar-refractivity contribution in [3.63, 3.8) is 0 Å². The van der Waals surface area contributed by atoms with Gasteiger partial charge in [-0.25, -0.2) is 0 Å². The predicted molar refractivity (Wildman–Crippen MR) is 66.7 cm³/mol. The van der Waals surface area contributed by atoms with Crippen LogP contribution in [0.2, 0.25) is 0 Å². The monoisotopic (exact) mass is 274 g/mol. The zero-order chi connectivity index (χ0) is 13.7. The Morgan fingerprint density at radius 3 is 2.32 bits per heavy atom. The van der Waals surface area contributed by atoms with E-state index < -0.39 is 12.7 Å². The lowest BCUT2D eigenvalue weighted by Crippen LogP contribution is -3.13. The quantitative estimate of drug-likeness (QED) is 0.791. The number of quaternary nitrogens is 2. The number of benzene rings is 1. The molecule has 5 heteroatoms. The van der Waals surface area contributed by atoms with Crippen LogP contribution in [0.25, 0.3) is 0 Å². The lowest BCUT2D eigenvalue weighted by molar-refractivity contribution is -0.926. The molecule has 0 spiro atoms. The van der Waals surface area contributed by atoms with Crippen LogP contribution in [-0.2, 0) is 6.54 Å². The molecule has 1 saturated heterocycles. The van der Waals surface area contributed by atoms with Gasteiger partial charge in [0.1, 0.15) is 6.54 Å². The van der Waals surface area contributed by atoms with E-state index in [1.165, 1.54) is 15.8 Å². The predicted octanol–water partition coefficient (Wildman–Crippen LogP) is 0.360. The Hall–Kier alpha value is -1.07. The molecule has 0 unspecified atom stereocenters. The SMILES string of the molecule is FC(F)(F)C[NH2+]C1CC[NH+](Cc2ccccc2)CC1. The smallest absolute Gasteiger partial charge is 0.336 e. The van der Waals surface area contributed by atoms with E-state index >= 15 is 0 Å². The number of hydrogen-bond acceptors (Lipinski definition) is 0. The summed E-state index contributed by atoms with van der Waals surface area (Å²) in [6, 6.07) is 10.4. The van der Waals surface area contributed by atoms with Crippen LogP contribution in [0.1, 0.15) is 18.4 Å². The van der Waals surface area contributed by atoms with Gasteiger partial charge in [-0.15, -0.1) is 0 Å². The van der Waals surface area contributed by atoms with Crippen LogP contribution >= 0.6 is 0 Å². The van der Waals surface area contributed by atoms with Crippen molar-refractivity contribution in [1.82, 2.24) is 0 Å². The molecule has 2 rings (SSSR count). The van der Waals surface area contributed by atoms with E-state index in [1.807, 2.05) is 18.2 Å². The minimum atomic E-state index is -4.05. The Kier molecular flexibility index (Phi) is 4.82. The molecule has 1 aromatic rings. The largest absolute Gasteiger partial charge is 0.438 e. The Morgan fingerprint density at radius 1 is 1.11 bits per heavy atom. The van der Waals surface area contributed by atoms with Gasteiger partial charge in [-0.05, 0) is 0 Å². The fourth-order valence-corrected chi connectivity index (χ4v) is 2.65. The van der Waals surface area contributed by atoms with E-state index in [0.29, 0.717) is 0 Å². The van der Waals surface area contributed by atoms with Crippen LogP contribution in [0.3, 0.4) is 0 Å². The summed E-state index contributed by atoms with van der Waals surface area (Å²) >= 11 is 0. The molecular formula is C14H21F3N2+2. The van der Waals surface area contributed by atoms with Gasteiger partial charge in [0.05, 0.1) is 19.1 Å². The molecule has 1 aromatic carbocycles. The van der Waals surface area contributed by atoms with Gasteiger partial charge < -0.3 is 10.2 Å². The summed E-state index contributed by atoms with van der Waals surface area (Å²) in [4.78, 5) is 1.47. The van der Waals surface area contributed by atoms with Crippen LogP contribution in [0.5, 0.6) is 0 Å². The van der Waals surface area contributed by atoms with Crippen LogP contribution in [0.15, 0.2) is 30.3 Å². The van der Waals surface area contributed by atoms with E-state index in [4.69, 9.17) is 0 Å². The molecular weight excluding hydrogens is 253 g/mol. The van der Waals surface area contributed by atoms with Crippen LogP contribution in [0.4, 0.5) is 13.2 Å². The van der Waals surface area contributed by atoms with Gasteiger partial charge in [0.25, 0.3) is 0 Å². The van der Waals surface area contributed by atoms with Gasteiger partial charge in [0.15, 0.2) is 6.54 Å². The van der Waals surface area contributed by atoms with E-state index in [1.54, 1.807) is 0 Å². The molecule has 0 amide bonds. The number of rotatable bonds is 4. The van der Waals surface area contributed by atoms with E-state index in [9.17, 15) is 13.2 Å². The topological polar surface area (TPSA) is 21.1 Å².